The van der Waals surface area contributed by atoms with Gasteiger partial charge in [0.2, 0.25) is 0 Å². The molecule has 0 bridgehead atoms. The van der Waals surface area contributed by atoms with Gasteiger partial charge in [0.1, 0.15) is 0 Å². The van der Waals surface area contributed by atoms with Gasteiger partial charge in [-0.05, 0) is 36.1 Å². The average Bonchev–Trinajstić information content (AvgIpc) is 2.76. The van der Waals surface area contributed by atoms with Gasteiger partial charge in [0.05, 0.1) is 19.3 Å². The van der Waals surface area contributed by atoms with E-state index in [1.165, 1.54) is 5.56 Å². The monoisotopic (exact) mass is 388 g/mol. The van der Waals surface area contributed by atoms with E-state index in [9.17, 15) is 9.90 Å². The number of hydrogen-bond acceptors (Lipinski definition) is 3. The third-order valence-electron chi connectivity index (χ3n) is 4.54. The number of ether oxygens (including phenoxy) is 2. The highest BCUT2D eigenvalue weighted by molar-refractivity contribution is 6.20. The standard InChI is InChI=1S/C25H24O4/c1-28-23-16-8-15-21(18-22(25(26)27)20-13-6-3-7-14-20)24(23)29-17-9-12-19-10-4-2-5-11-19/h2-8,10-11,13-16,18H,9,12,17H2,1H3,(H,26,27)/b22-18-. The lowest BCUT2D eigenvalue weighted by atomic mass is 10.0. The van der Waals surface area contributed by atoms with Crippen LogP contribution >= 0.6 is 0 Å². The van der Waals surface area contributed by atoms with E-state index in [2.05, 4.69) is 12.1 Å². The molecular formula is C25H24O4. The molecule has 0 amide bonds. The van der Waals surface area contributed by atoms with Crippen LogP contribution in [0.5, 0.6) is 11.5 Å². The van der Waals surface area contributed by atoms with Crippen molar-refractivity contribution in [1.82, 2.24) is 0 Å². The molecule has 3 rings (SSSR count). The average molecular weight is 388 g/mol. The Morgan fingerprint density at radius 2 is 1.62 bits per heavy atom. The second kappa shape index (κ2) is 10.1. The van der Waals surface area contributed by atoms with Crippen LogP contribution in [0.4, 0.5) is 0 Å². The molecule has 29 heavy (non-hydrogen) atoms. The van der Waals surface area contributed by atoms with E-state index in [0.29, 0.717) is 29.2 Å². The van der Waals surface area contributed by atoms with Crippen molar-refractivity contribution in [2.24, 2.45) is 0 Å². The van der Waals surface area contributed by atoms with Gasteiger partial charge in [0, 0.05) is 5.56 Å². The van der Waals surface area contributed by atoms with Crippen molar-refractivity contribution in [3.63, 3.8) is 0 Å². The van der Waals surface area contributed by atoms with Crippen LogP contribution in [0, 0.1) is 0 Å². The zero-order chi connectivity index (χ0) is 20.5. The van der Waals surface area contributed by atoms with Crippen molar-refractivity contribution >= 4 is 17.6 Å². The fraction of sp³-hybridized carbons (Fsp3) is 0.160. The number of methoxy groups -OCH3 is 1. The fourth-order valence-electron chi connectivity index (χ4n) is 3.10. The molecule has 148 valence electrons. The van der Waals surface area contributed by atoms with Crippen LogP contribution in [0.3, 0.4) is 0 Å². The Hall–Kier alpha value is -3.53. The molecule has 4 heteroatoms. The Balaban J connectivity index is 1.82. The highest BCUT2D eigenvalue weighted by atomic mass is 16.5. The van der Waals surface area contributed by atoms with E-state index in [1.54, 1.807) is 25.3 Å². The van der Waals surface area contributed by atoms with E-state index in [-0.39, 0.29) is 5.57 Å². The molecule has 1 N–H and O–H groups in total. The van der Waals surface area contributed by atoms with Gasteiger partial charge in [-0.15, -0.1) is 0 Å². The molecule has 0 unspecified atom stereocenters. The summed E-state index contributed by atoms with van der Waals surface area (Å²) in [5.74, 6) is 0.142. The van der Waals surface area contributed by atoms with Crippen LogP contribution in [0.2, 0.25) is 0 Å². The largest absolute Gasteiger partial charge is 0.493 e. The highest BCUT2D eigenvalue weighted by Gasteiger charge is 2.14. The normalized spacial score (nSPS) is 11.1. The number of benzene rings is 3. The molecule has 0 heterocycles. The Kier molecular flexibility index (Phi) is 7.06. The first-order valence-corrected chi connectivity index (χ1v) is 9.53. The van der Waals surface area contributed by atoms with Crippen LogP contribution in [-0.2, 0) is 11.2 Å². The first-order chi connectivity index (χ1) is 14.2. The smallest absolute Gasteiger partial charge is 0.336 e. The molecule has 0 aliphatic rings. The molecule has 0 saturated heterocycles. The lowest BCUT2D eigenvalue weighted by Crippen LogP contribution is -2.04. The third-order valence-corrected chi connectivity index (χ3v) is 4.54. The minimum Gasteiger partial charge on any atom is -0.493 e. The van der Waals surface area contributed by atoms with Crippen molar-refractivity contribution in [3.8, 4) is 11.5 Å². The zero-order valence-electron chi connectivity index (χ0n) is 16.4. The van der Waals surface area contributed by atoms with Crippen molar-refractivity contribution in [2.45, 2.75) is 12.8 Å². The van der Waals surface area contributed by atoms with E-state index in [1.807, 2.05) is 54.6 Å². The van der Waals surface area contributed by atoms with Gasteiger partial charge in [-0.2, -0.15) is 0 Å². The number of aryl methyl sites for hydroxylation is 1. The predicted octanol–water partition coefficient (Wildman–Crippen LogP) is 5.33. The van der Waals surface area contributed by atoms with E-state index >= 15 is 0 Å². The van der Waals surface area contributed by atoms with Gasteiger partial charge in [0.25, 0.3) is 0 Å². The maximum Gasteiger partial charge on any atom is 0.336 e. The molecule has 0 aromatic heterocycles. The summed E-state index contributed by atoms with van der Waals surface area (Å²) in [5.41, 5.74) is 2.77. The second-order valence-corrected chi connectivity index (χ2v) is 6.55. The molecule has 0 radical (unpaired) electrons. The Morgan fingerprint density at radius 3 is 2.28 bits per heavy atom. The lowest BCUT2D eigenvalue weighted by Gasteiger charge is -2.14. The first kappa shape index (κ1) is 20.2. The quantitative estimate of drug-likeness (QED) is 0.306. The first-order valence-electron chi connectivity index (χ1n) is 9.53. The van der Waals surface area contributed by atoms with Crippen LogP contribution in [-0.4, -0.2) is 24.8 Å². The fourth-order valence-corrected chi connectivity index (χ4v) is 3.10. The summed E-state index contributed by atoms with van der Waals surface area (Å²) in [6.45, 7) is 0.504. The molecule has 4 nitrogen and oxygen atoms in total. The van der Waals surface area contributed by atoms with Crippen LogP contribution in [0.1, 0.15) is 23.1 Å². The molecular weight excluding hydrogens is 364 g/mol. The van der Waals surface area contributed by atoms with Crippen LogP contribution in [0.25, 0.3) is 11.6 Å². The summed E-state index contributed by atoms with van der Waals surface area (Å²) >= 11 is 0. The van der Waals surface area contributed by atoms with Gasteiger partial charge >= 0.3 is 5.97 Å². The van der Waals surface area contributed by atoms with Crippen molar-refractivity contribution in [2.75, 3.05) is 13.7 Å². The predicted molar refractivity (Wildman–Crippen MR) is 115 cm³/mol. The van der Waals surface area contributed by atoms with E-state index in [4.69, 9.17) is 9.47 Å². The van der Waals surface area contributed by atoms with Crippen molar-refractivity contribution in [3.05, 3.63) is 95.6 Å². The van der Waals surface area contributed by atoms with Crippen LogP contribution in [0.15, 0.2) is 78.9 Å². The Bertz CT molecular complexity index is 963. The van der Waals surface area contributed by atoms with Crippen LogP contribution < -0.4 is 9.47 Å². The summed E-state index contributed by atoms with van der Waals surface area (Å²) in [6.07, 6.45) is 3.38. The Labute approximate surface area is 171 Å². The summed E-state index contributed by atoms with van der Waals surface area (Å²) in [6, 6.07) is 24.8. The number of carboxylic acids is 1. The number of carboxylic acid groups (broad SMARTS) is 1. The summed E-state index contributed by atoms with van der Waals surface area (Å²) in [7, 11) is 1.58. The van der Waals surface area contributed by atoms with Gasteiger partial charge < -0.3 is 14.6 Å². The second-order valence-electron chi connectivity index (χ2n) is 6.55. The number of hydrogen-bond donors (Lipinski definition) is 1. The number of rotatable bonds is 9. The molecule has 0 aliphatic heterocycles. The topological polar surface area (TPSA) is 55.8 Å². The SMILES string of the molecule is COc1cccc(/C=C(\C(=O)O)c2ccccc2)c1OCCCc1ccccc1. The van der Waals surface area contributed by atoms with Gasteiger partial charge in [-0.3, -0.25) is 0 Å². The summed E-state index contributed by atoms with van der Waals surface area (Å²) < 4.78 is 11.5. The molecule has 0 atom stereocenters. The summed E-state index contributed by atoms with van der Waals surface area (Å²) in [4.78, 5) is 11.8. The maximum atomic E-state index is 11.8. The number of aliphatic carboxylic acids is 1. The maximum absolute atomic E-state index is 11.8. The van der Waals surface area contributed by atoms with E-state index in [0.717, 1.165) is 12.8 Å². The molecule has 0 saturated carbocycles. The third kappa shape index (κ3) is 5.48. The van der Waals surface area contributed by atoms with Crippen molar-refractivity contribution in [1.29, 1.82) is 0 Å². The Morgan fingerprint density at radius 1 is 0.931 bits per heavy atom. The molecule has 3 aromatic carbocycles. The molecule has 0 aliphatic carbocycles. The minimum atomic E-state index is -0.992. The number of carbonyl (C=O) groups is 1. The van der Waals surface area contributed by atoms with Gasteiger partial charge in [-0.1, -0.05) is 72.8 Å². The highest BCUT2D eigenvalue weighted by Crippen LogP contribution is 2.34. The van der Waals surface area contributed by atoms with Gasteiger partial charge in [-0.25, -0.2) is 4.79 Å². The minimum absolute atomic E-state index is 0.202. The van der Waals surface area contributed by atoms with E-state index < -0.39 is 5.97 Å². The summed E-state index contributed by atoms with van der Waals surface area (Å²) in [5, 5.41) is 9.71. The van der Waals surface area contributed by atoms with Gasteiger partial charge in [0.15, 0.2) is 11.5 Å². The number of para-hydroxylation sites is 1. The molecule has 0 spiro atoms. The zero-order valence-corrected chi connectivity index (χ0v) is 16.4. The molecule has 0 fully saturated rings. The molecule has 3 aromatic rings. The van der Waals surface area contributed by atoms with Crippen molar-refractivity contribution < 1.29 is 19.4 Å². The lowest BCUT2D eigenvalue weighted by molar-refractivity contribution is -0.130.